The summed E-state index contributed by atoms with van der Waals surface area (Å²) in [4.78, 5) is 12.0. The Bertz CT molecular complexity index is 673. The Morgan fingerprint density at radius 3 is 2.62 bits per heavy atom. The maximum absolute atomic E-state index is 12.0. The molecule has 0 radical (unpaired) electrons. The molecule has 2 rings (SSSR count). The lowest BCUT2D eigenvalue weighted by Crippen LogP contribution is -2.23. The minimum Gasteiger partial charge on any atom is -0.409 e. The van der Waals surface area contributed by atoms with E-state index in [2.05, 4.69) is 15.6 Å². The Labute approximate surface area is 122 Å². The quantitative estimate of drug-likeness (QED) is 0.334. The van der Waals surface area contributed by atoms with E-state index in [1.54, 1.807) is 30.1 Å². The van der Waals surface area contributed by atoms with Crippen LogP contribution in [0.3, 0.4) is 0 Å². The number of rotatable bonds is 4. The number of aromatic nitrogens is 2. The minimum absolute atomic E-state index is 0.0524. The van der Waals surface area contributed by atoms with Gasteiger partial charge in [-0.15, -0.1) is 0 Å². The van der Waals surface area contributed by atoms with Gasteiger partial charge in [-0.2, -0.15) is 5.10 Å². The molecule has 0 fully saturated rings. The van der Waals surface area contributed by atoms with E-state index in [-0.39, 0.29) is 11.7 Å². The predicted octanol–water partition coefficient (Wildman–Crippen LogP) is 0.753. The molecule has 0 bridgehead atoms. The van der Waals surface area contributed by atoms with Crippen LogP contribution < -0.4 is 11.1 Å². The number of nitrogens with two attached hydrogens (primary N) is 1. The highest BCUT2D eigenvalue weighted by Gasteiger charge is 2.12. The molecule has 0 aliphatic rings. The second-order valence-electron chi connectivity index (χ2n) is 4.63. The van der Waals surface area contributed by atoms with Crippen molar-refractivity contribution >= 4 is 11.7 Å². The Hall–Kier alpha value is -2.83. The van der Waals surface area contributed by atoms with Gasteiger partial charge in [0, 0.05) is 24.8 Å². The summed E-state index contributed by atoms with van der Waals surface area (Å²) < 4.78 is 1.65. The average Bonchev–Trinajstić information content (AvgIpc) is 2.84. The molecule has 110 valence electrons. The molecule has 0 saturated carbocycles. The van der Waals surface area contributed by atoms with Gasteiger partial charge in [0.05, 0.1) is 11.8 Å². The predicted molar refractivity (Wildman–Crippen MR) is 78.1 cm³/mol. The van der Waals surface area contributed by atoms with Gasteiger partial charge in [-0.25, -0.2) is 0 Å². The lowest BCUT2D eigenvalue weighted by Gasteiger charge is -2.06. The fraction of sp³-hybridized carbons (Fsp3) is 0.214. The first kappa shape index (κ1) is 14.6. The van der Waals surface area contributed by atoms with Gasteiger partial charge in [-0.3, -0.25) is 9.48 Å². The molecule has 21 heavy (non-hydrogen) atoms. The molecule has 0 aliphatic carbocycles. The third-order valence-electron chi connectivity index (χ3n) is 3.29. The monoisotopic (exact) mass is 287 g/mol. The summed E-state index contributed by atoms with van der Waals surface area (Å²) in [5.74, 6) is -0.113. The summed E-state index contributed by atoms with van der Waals surface area (Å²) in [6.07, 6.45) is 1.55. The maximum Gasteiger partial charge on any atom is 0.255 e. The minimum atomic E-state index is -0.166. The number of benzene rings is 1. The van der Waals surface area contributed by atoms with Crippen LogP contribution in [-0.4, -0.2) is 26.7 Å². The van der Waals surface area contributed by atoms with Crippen molar-refractivity contribution in [1.29, 1.82) is 0 Å². The highest BCUT2D eigenvalue weighted by molar-refractivity contribution is 5.97. The first-order chi connectivity index (χ1) is 10.0. The summed E-state index contributed by atoms with van der Waals surface area (Å²) in [5.41, 5.74) is 8.40. The SMILES string of the molecule is Cc1c(C(=O)NCc2ccc(C(N)=NO)cc2)cnn1C. The van der Waals surface area contributed by atoms with Crippen LogP contribution in [0.25, 0.3) is 0 Å². The number of aryl methyl sites for hydroxylation is 1. The van der Waals surface area contributed by atoms with Crippen LogP contribution in [0.1, 0.15) is 27.2 Å². The van der Waals surface area contributed by atoms with Crippen LogP contribution in [0.2, 0.25) is 0 Å². The van der Waals surface area contributed by atoms with Crippen LogP contribution in [0.4, 0.5) is 0 Å². The van der Waals surface area contributed by atoms with E-state index in [0.29, 0.717) is 17.7 Å². The van der Waals surface area contributed by atoms with E-state index in [1.807, 2.05) is 19.1 Å². The largest absolute Gasteiger partial charge is 0.409 e. The highest BCUT2D eigenvalue weighted by Crippen LogP contribution is 2.07. The Morgan fingerprint density at radius 1 is 1.43 bits per heavy atom. The van der Waals surface area contributed by atoms with Crippen molar-refractivity contribution < 1.29 is 10.0 Å². The summed E-state index contributed by atoms with van der Waals surface area (Å²) in [5, 5.41) is 18.4. The van der Waals surface area contributed by atoms with Crippen LogP contribution in [-0.2, 0) is 13.6 Å². The molecular formula is C14H17N5O2. The average molecular weight is 287 g/mol. The topological polar surface area (TPSA) is 106 Å². The van der Waals surface area contributed by atoms with Gasteiger partial charge in [0.15, 0.2) is 5.84 Å². The van der Waals surface area contributed by atoms with E-state index in [1.165, 1.54) is 0 Å². The Kier molecular flexibility index (Phi) is 4.22. The van der Waals surface area contributed by atoms with Gasteiger partial charge in [0.1, 0.15) is 0 Å². The van der Waals surface area contributed by atoms with Crippen molar-refractivity contribution in [1.82, 2.24) is 15.1 Å². The smallest absolute Gasteiger partial charge is 0.255 e. The molecule has 4 N–H and O–H groups in total. The number of amides is 1. The van der Waals surface area contributed by atoms with Gasteiger partial charge in [-0.1, -0.05) is 29.4 Å². The zero-order valence-electron chi connectivity index (χ0n) is 11.9. The number of nitrogens with one attached hydrogen (secondary N) is 1. The molecule has 1 aromatic heterocycles. The van der Waals surface area contributed by atoms with E-state index in [0.717, 1.165) is 11.3 Å². The molecule has 7 nitrogen and oxygen atoms in total. The van der Waals surface area contributed by atoms with Crippen molar-refractivity contribution in [3.05, 3.63) is 52.8 Å². The number of amidine groups is 1. The fourth-order valence-corrected chi connectivity index (χ4v) is 1.85. The number of hydrogen-bond acceptors (Lipinski definition) is 4. The summed E-state index contributed by atoms with van der Waals surface area (Å²) >= 11 is 0. The van der Waals surface area contributed by atoms with E-state index < -0.39 is 0 Å². The highest BCUT2D eigenvalue weighted by atomic mass is 16.4. The van der Waals surface area contributed by atoms with E-state index in [4.69, 9.17) is 10.9 Å². The van der Waals surface area contributed by atoms with Gasteiger partial charge >= 0.3 is 0 Å². The molecule has 1 amide bonds. The molecular weight excluding hydrogens is 270 g/mol. The molecule has 0 saturated heterocycles. The molecule has 0 atom stereocenters. The zero-order chi connectivity index (χ0) is 15.4. The molecule has 7 heteroatoms. The zero-order valence-corrected chi connectivity index (χ0v) is 11.9. The van der Waals surface area contributed by atoms with Crippen LogP contribution >= 0.6 is 0 Å². The van der Waals surface area contributed by atoms with E-state index >= 15 is 0 Å². The van der Waals surface area contributed by atoms with Crippen molar-refractivity contribution in [3.8, 4) is 0 Å². The standard InChI is InChI=1S/C14H17N5O2/c1-9-12(8-17-19(9)2)14(20)16-7-10-3-5-11(6-4-10)13(15)18-21/h3-6,8,21H,7H2,1-2H3,(H2,15,18)(H,16,20). The first-order valence-corrected chi connectivity index (χ1v) is 6.36. The molecule has 2 aromatic rings. The molecule has 1 aromatic carbocycles. The number of hydrogen-bond donors (Lipinski definition) is 3. The fourth-order valence-electron chi connectivity index (χ4n) is 1.85. The van der Waals surface area contributed by atoms with E-state index in [9.17, 15) is 4.79 Å². The van der Waals surface area contributed by atoms with Crippen molar-refractivity contribution in [3.63, 3.8) is 0 Å². The van der Waals surface area contributed by atoms with Gasteiger partial charge in [-0.05, 0) is 12.5 Å². The summed E-state index contributed by atoms with van der Waals surface area (Å²) in [6, 6.07) is 7.07. The molecule has 0 aliphatic heterocycles. The third kappa shape index (κ3) is 3.19. The third-order valence-corrected chi connectivity index (χ3v) is 3.29. The lowest BCUT2D eigenvalue weighted by molar-refractivity contribution is 0.0950. The van der Waals surface area contributed by atoms with Crippen molar-refractivity contribution in [2.75, 3.05) is 0 Å². The molecule has 0 spiro atoms. The van der Waals surface area contributed by atoms with Gasteiger partial charge < -0.3 is 16.3 Å². The Balaban J connectivity index is 2.00. The van der Waals surface area contributed by atoms with Gasteiger partial charge in [0.2, 0.25) is 0 Å². The Morgan fingerprint density at radius 2 is 2.10 bits per heavy atom. The van der Waals surface area contributed by atoms with Gasteiger partial charge in [0.25, 0.3) is 5.91 Å². The normalized spacial score (nSPS) is 11.4. The first-order valence-electron chi connectivity index (χ1n) is 6.36. The number of oxime groups is 1. The number of nitrogens with zero attached hydrogens (tertiary/aromatic N) is 3. The van der Waals surface area contributed by atoms with Crippen LogP contribution in [0.5, 0.6) is 0 Å². The van der Waals surface area contributed by atoms with Crippen molar-refractivity contribution in [2.24, 2.45) is 17.9 Å². The second-order valence-corrected chi connectivity index (χ2v) is 4.63. The molecule has 1 heterocycles. The summed E-state index contributed by atoms with van der Waals surface area (Å²) in [7, 11) is 1.79. The number of carbonyl (C=O) groups excluding carboxylic acids is 1. The lowest BCUT2D eigenvalue weighted by atomic mass is 10.1. The number of carbonyl (C=O) groups is 1. The van der Waals surface area contributed by atoms with Crippen LogP contribution in [0, 0.1) is 6.92 Å². The molecule has 0 unspecified atom stereocenters. The maximum atomic E-state index is 12.0. The second kappa shape index (κ2) is 6.08. The van der Waals surface area contributed by atoms with Crippen molar-refractivity contribution in [2.45, 2.75) is 13.5 Å². The summed E-state index contributed by atoms with van der Waals surface area (Å²) in [6.45, 7) is 2.23. The van der Waals surface area contributed by atoms with Crippen LogP contribution in [0.15, 0.2) is 35.6 Å².